The molecule has 0 saturated carbocycles. The summed E-state index contributed by atoms with van der Waals surface area (Å²) >= 11 is 0. The van der Waals surface area contributed by atoms with Crippen molar-refractivity contribution in [3.05, 3.63) is 0 Å². The normalized spacial score (nSPS) is 27.8. The molecule has 2 aliphatic rings. The van der Waals surface area contributed by atoms with Crippen molar-refractivity contribution in [2.75, 3.05) is 26.2 Å². The predicted molar refractivity (Wildman–Crippen MR) is 63.7 cm³/mol. The summed E-state index contributed by atoms with van der Waals surface area (Å²) in [5.41, 5.74) is 0. The van der Waals surface area contributed by atoms with Gasteiger partial charge in [0.15, 0.2) is 0 Å². The highest BCUT2D eigenvalue weighted by molar-refractivity contribution is 5.76. The van der Waals surface area contributed by atoms with Gasteiger partial charge in [-0.15, -0.1) is 12.3 Å². The molecule has 3 heteroatoms. The van der Waals surface area contributed by atoms with Crippen LogP contribution in [-0.4, -0.2) is 37.0 Å². The van der Waals surface area contributed by atoms with Gasteiger partial charge in [0.25, 0.3) is 0 Å². The van der Waals surface area contributed by atoms with Crippen LogP contribution in [0.25, 0.3) is 0 Å². The molecule has 0 aromatic rings. The molecule has 1 amide bonds. The van der Waals surface area contributed by atoms with Crippen molar-refractivity contribution in [1.29, 1.82) is 0 Å². The number of carbonyl (C=O) groups is 1. The van der Waals surface area contributed by atoms with Gasteiger partial charge in [0.05, 0.1) is 0 Å². The fourth-order valence-electron chi connectivity index (χ4n) is 2.72. The van der Waals surface area contributed by atoms with Crippen molar-refractivity contribution in [2.24, 2.45) is 11.8 Å². The Kier molecular flexibility index (Phi) is 3.84. The van der Waals surface area contributed by atoms with Crippen molar-refractivity contribution in [3.8, 4) is 12.3 Å². The Balaban J connectivity index is 1.69. The van der Waals surface area contributed by atoms with E-state index in [1.807, 2.05) is 4.90 Å². The molecule has 2 rings (SSSR count). The third-order valence-electron chi connectivity index (χ3n) is 3.70. The van der Waals surface area contributed by atoms with Crippen molar-refractivity contribution in [2.45, 2.75) is 25.7 Å². The Bertz CT molecular complexity index is 283. The zero-order chi connectivity index (χ0) is 11.4. The first kappa shape index (κ1) is 11.5. The van der Waals surface area contributed by atoms with E-state index in [0.717, 1.165) is 45.4 Å². The van der Waals surface area contributed by atoms with Gasteiger partial charge in [-0.1, -0.05) is 0 Å². The minimum absolute atomic E-state index is 0.325. The van der Waals surface area contributed by atoms with Crippen LogP contribution in [0.3, 0.4) is 0 Å². The lowest BCUT2D eigenvalue weighted by Gasteiger charge is -2.17. The molecular weight excluding hydrogens is 200 g/mol. The minimum Gasteiger partial charge on any atom is -0.342 e. The Hall–Kier alpha value is -1.01. The second-order valence-electron chi connectivity index (χ2n) is 4.89. The Labute approximate surface area is 97.6 Å². The molecule has 2 fully saturated rings. The first-order chi connectivity index (χ1) is 7.81. The Morgan fingerprint density at radius 3 is 2.62 bits per heavy atom. The Morgan fingerprint density at radius 1 is 1.31 bits per heavy atom. The van der Waals surface area contributed by atoms with Crippen molar-refractivity contribution >= 4 is 5.91 Å². The van der Waals surface area contributed by atoms with Gasteiger partial charge in [0.1, 0.15) is 0 Å². The van der Waals surface area contributed by atoms with Gasteiger partial charge < -0.3 is 10.2 Å². The smallest absolute Gasteiger partial charge is 0.222 e. The molecule has 0 aromatic carbocycles. The van der Waals surface area contributed by atoms with Crippen LogP contribution in [0.4, 0.5) is 0 Å². The van der Waals surface area contributed by atoms with E-state index < -0.39 is 0 Å². The summed E-state index contributed by atoms with van der Waals surface area (Å²) in [7, 11) is 0. The van der Waals surface area contributed by atoms with E-state index >= 15 is 0 Å². The van der Waals surface area contributed by atoms with Crippen LogP contribution >= 0.6 is 0 Å². The fraction of sp³-hybridized carbons (Fsp3) is 0.769. The highest BCUT2D eigenvalue weighted by Gasteiger charge is 2.37. The molecule has 0 aromatic heterocycles. The maximum atomic E-state index is 11.9. The number of rotatable bonds is 4. The van der Waals surface area contributed by atoms with Crippen LogP contribution in [0, 0.1) is 24.2 Å². The van der Waals surface area contributed by atoms with E-state index in [4.69, 9.17) is 6.42 Å². The third-order valence-corrected chi connectivity index (χ3v) is 3.70. The van der Waals surface area contributed by atoms with E-state index in [-0.39, 0.29) is 0 Å². The summed E-state index contributed by atoms with van der Waals surface area (Å²) in [4.78, 5) is 13.9. The topological polar surface area (TPSA) is 32.3 Å². The first-order valence-electron chi connectivity index (χ1n) is 6.23. The summed E-state index contributed by atoms with van der Waals surface area (Å²) in [6, 6.07) is 0. The van der Waals surface area contributed by atoms with Crippen molar-refractivity contribution < 1.29 is 4.79 Å². The molecule has 0 unspecified atom stereocenters. The molecule has 2 aliphatic heterocycles. The number of fused-ring (bicyclic) bond motifs is 1. The second kappa shape index (κ2) is 5.36. The minimum atomic E-state index is 0.325. The molecule has 2 heterocycles. The number of unbranched alkanes of at least 4 members (excludes halogenated alkanes) is 2. The van der Waals surface area contributed by atoms with Gasteiger partial charge in [-0.3, -0.25) is 4.79 Å². The predicted octanol–water partition coefficient (Wildman–Crippen LogP) is 0.858. The lowest BCUT2D eigenvalue weighted by Crippen LogP contribution is -2.31. The molecule has 3 nitrogen and oxygen atoms in total. The van der Waals surface area contributed by atoms with Gasteiger partial charge >= 0.3 is 0 Å². The van der Waals surface area contributed by atoms with Crippen LogP contribution in [0.15, 0.2) is 0 Å². The molecule has 0 spiro atoms. The van der Waals surface area contributed by atoms with E-state index in [9.17, 15) is 4.79 Å². The summed E-state index contributed by atoms with van der Waals surface area (Å²) in [5, 5.41) is 3.38. The second-order valence-corrected chi connectivity index (χ2v) is 4.89. The monoisotopic (exact) mass is 220 g/mol. The summed E-state index contributed by atoms with van der Waals surface area (Å²) in [6.07, 6.45) is 8.56. The van der Waals surface area contributed by atoms with Gasteiger partial charge in [0, 0.05) is 39.0 Å². The summed E-state index contributed by atoms with van der Waals surface area (Å²) < 4.78 is 0. The largest absolute Gasteiger partial charge is 0.342 e. The van der Waals surface area contributed by atoms with Gasteiger partial charge in [0.2, 0.25) is 5.91 Å². The number of carbonyl (C=O) groups excluding carboxylic acids is 1. The zero-order valence-electron chi connectivity index (χ0n) is 9.74. The molecule has 0 aliphatic carbocycles. The van der Waals surface area contributed by atoms with Crippen LogP contribution in [0.1, 0.15) is 25.7 Å². The molecule has 0 radical (unpaired) electrons. The number of hydrogen-bond donors (Lipinski definition) is 1. The van der Waals surface area contributed by atoms with Crippen LogP contribution in [0.2, 0.25) is 0 Å². The average Bonchev–Trinajstić information content (AvgIpc) is 2.83. The molecule has 16 heavy (non-hydrogen) atoms. The number of likely N-dealkylation sites (tertiary alicyclic amines) is 1. The lowest BCUT2D eigenvalue weighted by atomic mass is 10.0. The van der Waals surface area contributed by atoms with Crippen molar-refractivity contribution in [3.63, 3.8) is 0 Å². The zero-order valence-corrected chi connectivity index (χ0v) is 9.74. The van der Waals surface area contributed by atoms with E-state index in [2.05, 4.69) is 11.2 Å². The average molecular weight is 220 g/mol. The van der Waals surface area contributed by atoms with Crippen LogP contribution in [0.5, 0.6) is 0 Å². The summed E-state index contributed by atoms with van der Waals surface area (Å²) in [5.74, 6) is 4.34. The Morgan fingerprint density at radius 2 is 2.00 bits per heavy atom. The number of nitrogens with one attached hydrogen (secondary N) is 1. The highest BCUT2D eigenvalue weighted by atomic mass is 16.2. The van der Waals surface area contributed by atoms with E-state index in [1.54, 1.807) is 0 Å². The fourth-order valence-corrected chi connectivity index (χ4v) is 2.72. The van der Waals surface area contributed by atoms with Gasteiger partial charge in [-0.05, 0) is 24.7 Å². The first-order valence-corrected chi connectivity index (χ1v) is 6.23. The SMILES string of the molecule is C#CCCCCC(=O)N1C[C@H]2CNC[C@H]2C1. The number of amides is 1. The lowest BCUT2D eigenvalue weighted by molar-refractivity contribution is -0.130. The molecule has 2 atom stereocenters. The molecule has 0 bridgehead atoms. The van der Waals surface area contributed by atoms with Gasteiger partial charge in [-0.25, -0.2) is 0 Å². The number of terminal acetylenes is 1. The van der Waals surface area contributed by atoms with Crippen molar-refractivity contribution in [1.82, 2.24) is 10.2 Å². The van der Waals surface area contributed by atoms with Crippen LogP contribution < -0.4 is 5.32 Å². The highest BCUT2D eigenvalue weighted by Crippen LogP contribution is 2.26. The van der Waals surface area contributed by atoms with Crippen LogP contribution in [-0.2, 0) is 4.79 Å². The third kappa shape index (κ3) is 2.56. The number of hydrogen-bond acceptors (Lipinski definition) is 2. The quantitative estimate of drug-likeness (QED) is 0.563. The number of nitrogens with zero attached hydrogens (tertiary/aromatic N) is 1. The molecule has 88 valence electrons. The van der Waals surface area contributed by atoms with Gasteiger partial charge in [-0.2, -0.15) is 0 Å². The van der Waals surface area contributed by atoms with E-state index in [0.29, 0.717) is 24.2 Å². The summed E-state index contributed by atoms with van der Waals surface area (Å²) in [6.45, 7) is 4.11. The molecule has 1 N–H and O–H groups in total. The maximum Gasteiger partial charge on any atom is 0.222 e. The standard InChI is InChI=1S/C13H20N2O/c1-2-3-4-5-6-13(16)15-9-11-7-14-8-12(11)10-15/h1,11-12,14H,3-10H2/t11-,12+. The maximum absolute atomic E-state index is 11.9. The van der Waals surface area contributed by atoms with E-state index in [1.165, 1.54) is 0 Å². The molecular formula is C13H20N2O. The molecule has 2 saturated heterocycles.